The Kier molecular flexibility index (Phi) is 3.78. The molecule has 0 radical (unpaired) electrons. The lowest BCUT2D eigenvalue weighted by Crippen LogP contribution is -2.55. The van der Waals surface area contributed by atoms with Gasteiger partial charge in [0.2, 0.25) is 11.8 Å². The first-order valence-electron chi connectivity index (χ1n) is 8.10. The van der Waals surface area contributed by atoms with Crippen LogP contribution in [0.3, 0.4) is 0 Å². The van der Waals surface area contributed by atoms with E-state index in [0.29, 0.717) is 12.3 Å². The molecule has 124 valence electrons. The SMILES string of the molecule is CC1=C(C(C)C)C2C(C=C1)N(C1CCC(=O)NC1=O)C(=O)N2C. The van der Waals surface area contributed by atoms with Crippen LogP contribution < -0.4 is 5.32 Å². The quantitative estimate of drug-likeness (QED) is 0.784. The van der Waals surface area contributed by atoms with Gasteiger partial charge in [0.15, 0.2) is 0 Å². The third-order valence-electron chi connectivity index (χ3n) is 5.07. The number of allylic oxidation sites excluding steroid dienone is 2. The van der Waals surface area contributed by atoms with E-state index < -0.39 is 6.04 Å². The van der Waals surface area contributed by atoms with Crippen LogP contribution in [0.1, 0.15) is 33.6 Å². The van der Waals surface area contributed by atoms with Gasteiger partial charge < -0.3 is 9.80 Å². The van der Waals surface area contributed by atoms with Gasteiger partial charge in [0.1, 0.15) is 6.04 Å². The fraction of sp³-hybridized carbons (Fsp3) is 0.588. The third-order valence-corrected chi connectivity index (χ3v) is 5.07. The molecule has 0 aromatic rings. The second-order valence-electron chi connectivity index (χ2n) is 6.86. The predicted octanol–water partition coefficient (Wildman–Crippen LogP) is 1.44. The van der Waals surface area contributed by atoms with Crippen LogP contribution in [0, 0.1) is 5.92 Å². The maximum atomic E-state index is 12.8. The minimum absolute atomic E-state index is 0.0436. The number of carbonyl (C=O) groups is 3. The molecule has 0 bridgehead atoms. The largest absolute Gasteiger partial charge is 0.321 e. The lowest BCUT2D eigenvalue weighted by molar-refractivity contribution is -0.136. The van der Waals surface area contributed by atoms with Crippen molar-refractivity contribution in [1.29, 1.82) is 0 Å². The Balaban J connectivity index is 1.96. The first-order chi connectivity index (χ1) is 10.8. The van der Waals surface area contributed by atoms with Gasteiger partial charge in [0.05, 0.1) is 12.1 Å². The molecule has 23 heavy (non-hydrogen) atoms. The van der Waals surface area contributed by atoms with Crippen LogP contribution in [-0.4, -0.2) is 52.8 Å². The average Bonchev–Trinajstić information content (AvgIpc) is 2.72. The van der Waals surface area contributed by atoms with E-state index >= 15 is 0 Å². The van der Waals surface area contributed by atoms with Gasteiger partial charge in [-0.25, -0.2) is 4.79 Å². The van der Waals surface area contributed by atoms with Crippen molar-refractivity contribution in [1.82, 2.24) is 15.1 Å². The Bertz CT molecular complexity index is 635. The number of nitrogens with zero attached hydrogens (tertiary/aromatic N) is 2. The number of nitrogens with one attached hydrogen (secondary N) is 1. The number of fused-ring (bicyclic) bond motifs is 1. The van der Waals surface area contributed by atoms with Gasteiger partial charge in [0.25, 0.3) is 0 Å². The lowest BCUT2D eigenvalue weighted by Gasteiger charge is -2.36. The van der Waals surface area contributed by atoms with Crippen molar-refractivity contribution in [2.75, 3.05) is 7.05 Å². The van der Waals surface area contributed by atoms with Crippen molar-refractivity contribution in [3.8, 4) is 0 Å². The molecule has 3 rings (SSSR count). The summed E-state index contributed by atoms with van der Waals surface area (Å²) in [6.45, 7) is 6.32. The zero-order valence-electron chi connectivity index (χ0n) is 14.0. The number of urea groups is 1. The monoisotopic (exact) mass is 317 g/mol. The topological polar surface area (TPSA) is 69.7 Å². The molecule has 3 aliphatic rings. The molecule has 0 aromatic heterocycles. The molecule has 2 heterocycles. The first kappa shape index (κ1) is 15.8. The Morgan fingerprint density at radius 2 is 1.96 bits per heavy atom. The molecule has 0 spiro atoms. The van der Waals surface area contributed by atoms with Crippen molar-refractivity contribution in [3.63, 3.8) is 0 Å². The summed E-state index contributed by atoms with van der Waals surface area (Å²) in [4.78, 5) is 39.8. The van der Waals surface area contributed by atoms with E-state index in [2.05, 4.69) is 26.1 Å². The van der Waals surface area contributed by atoms with Gasteiger partial charge >= 0.3 is 6.03 Å². The van der Waals surface area contributed by atoms with Crippen molar-refractivity contribution in [2.24, 2.45) is 5.92 Å². The molecular weight excluding hydrogens is 294 g/mol. The predicted molar refractivity (Wildman–Crippen MR) is 85.4 cm³/mol. The minimum Gasteiger partial charge on any atom is -0.319 e. The molecule has 6 heteroatoms. The van der Waals surface area contributed by atoms with Crippen molar-refractivity contribution in [2.45, 2.75) is 51.7 Å². The Hall–Kier alpha value is -2.11. The van der Waals surface area contributed by atoms with E-state index in [1.54, 1.807) is 16.8 Å². The normalized spacial score (nSPS) is 31.2. The Morgan fingerprint density at radius 3 is 2.57 bits per heavy atom. The number of piperidine rings is 1. The van der Waals surface area contributed by atoms with Crippen molar-refractivity contribution < 1.29 is 14.4 Å². The summed E-state index contributed by atoms with van der Waals surface area (Å²) in [5, 5.41) is 2.35. The van der Waals surface area contributed by atoms with Gasteiger partial charge in [-0.1, -0.05) is 26.0 Å². The molecule has 2 fully saturated rings. The molecule has 0 saturated carbocycles. The van der Waals surface area contributed by atoms with Crippen molar-refractivity contribution in [3.05, 3.63) is 23.3 Å². The highest BCUT2D eigenvalue weighted by Crippen LogP contribution is 2.38. The zero-order chi connectivity index (χ0) is 16.9. The smallest absolute Gasteiger partial charge is 0.319 e. The summed E-state index contributed by atoms with van der Waals surface area (Å²) in [6.07, 6.45) is 4.72. The van der Waals surface area contributed by atoms with Crippen LogP contribution in [0.4, 0.5) is 4.79 Å². The maximum absolute atomic E-state index is 12.8. The minimum atomic E-state index is -0.575. The summed E-state index contributed by atoms with van der Waals surface area (Å²) in [5.41, 5.74) is 2.43. The number of carbonyl (C=O) groups excluding carboxylic acids is 3. The fourth-order valence-corrected chi connectivity index (χ4v) is 4.06. The molecule has 0 aromatic carbocycles. The van der Waals surface area contributed by atoms with E-state index in [0.717, 1.165) is 0 Å². The molecule has 2 aliphatic heterocycles. The van der Waals surface area contributed by atoms with Crippen LogP contribution >= 0.6 is 0 Å². The van der Waals surface area contributed by atoms with Crippen LogP contribution in [0.15, 0.2) is 23.3 Å². The van der Waals surface area contributed by atoms with Crippen molar-refractivity contribution >= 4 is 17.8 Å². The number of likely N-dealkylation sites (N-methyl/N-ethyl adjacent to an activating group) is 1. The van der Waals surface area contributed by atoms with Gasteiger partial charge in [-0.2, -0.15) is 0 Å². The molecule has 6 nitrogen and oxygen atoms in total. The molecular formula is C17H23N3O3. The average molecular weight is 317 g/mol. The molecule has 1 N–H and O–H groups in total. The summed E-state index contributed by atoms with van der Waals surface area (Å²) in [6, 6.07) is -0.920. The number of hydrogen-bond donors (Lipinski definition) is 1. The van der Waals surface area contributed by atoms with E-state index in [9.17, 15) is 14.4 Å². The van der Waals surface area contributed by atoms with E-state index in [1.807, 2.05) is 12.2 Å². The van der Waals surface area contributed by atoms with E-state index in [1.165, 1.54) is 11.1 Å². The highest BCUT2D eigenvalue weighted by Gasteiger charge is 2.51. The van der Waals surface area contributed by atoms with Gasteiger partial charge in [-0.05, 0) is 30.4 Å². The third kappa shape index (κ3) is 2.36. The van der Waals surface area contributed by atoms with Crippen LogP contribution in [0.5, 0.6) is 0 Å². The highest BCUT2D eigenvalue weighted by atomic mass is 16.2. The number of rotatable bonds is 2. The van der Waals surface area contributed by atoms with Gasteiger partial charge in [0, 0.05) is 13.5 Å². The zero-order valence-corrected chi connectivity index (χ0v) is 14.0. The molecule has 2 saturated heterocycles. The second-order valence-corrected chi connectivity index (χ2v) is 6.86. The van der Waals surface area contributed by atoms with Gasteiger partial charge in [-0.3, -0.25) is 14.9 Å². The first-order valence-corrected chi connectivity index (χ1v) is 8.10. The fourth-order valence-electron chi connectivity index (χ4n) is 4.06. The molecule has 1 aliphatic carbocycles. The summed E-state index contributed by atoms with van der Waals surface area (Å²) in [5.74, 6) is -0.306. The van der Waals surface area contributed by atoms with E-state index in [4.69, 9.17) is 0 Å². The van der Waals surface area contributed by atoms with Crippen LogP contribution in [0.2, 0.25) is 0 Å². The Labute approximate surface area is 136 Å². The lowest BCUT2D eigenvalue weighted by atomic mass is 9.83. The standard InChI is InChI=1S/C17H23N3O3/c1-9(2)14-10(3)5-6-11-15(14)19(4)17(23)20(11)12-7-8-13(21)18-16(12)22/h5-6,9,11-12,15H,7-8H2,1-4H3,(H,18,21,22). The Morgan fingerprint density at radius 1 is 1.26 bits per heavy atom. The number of amides is 4. The highest BCUT2D eigenvalue weighted by molar-refractivity contribution is 6.02. The molecule has 3 unspecified atom stereocenters. The number of hydrogen-bond acceptors (Lipinski definition) is 3. The van der Waals surface area contributed by atoms with Crippen LogP contribution in [-0.2, 0) is 9.59 Å². The summed E-state index contributed by atoms with van der Waals surface area (Å²) in [7, 11) is 1.79. The number of imide groups is 1. The second kappa shape index (κ2) is 5.51. The van der Waals surface area contributed by atoms with Gasteiger partial charge in [-0.15, -0.1) is 0 Å². The van der Waals surface area contributed by atoms with Crippen LogP contribution in [0.25, 0.3) is 0 Å². The summed E-state index contributed by atoms with van der Waals surface area (Å²) >= 11 is 0. The summed E-state index contributed by atoms with van der Waals surface area (Å²) < 4.78 is 0. The molecule has 4 amide bonds. The van der Waals surface area contributed by atoms with E-state index in [-0.39, 0.29) is 36.3 Å². The molecule has 3 atom stereocenters. The maximum Gasteiger partial charge on any atom is 0.321 e.